The molecule has 108 valence electrons. The van der Waals surface area contributed by atoms with E-state index in [9.17, 15) is 4.79 Å². The summed E-state index contributed by atoms with van der Waals surface area (Å²) in [5, 5.41) is 0. The molecule has 20 heavy (non-hydrogen) atoms. The summed E-state index contributed by atoms with van der Waals surface area (Å²) in [6.45, 7) is 0. The van der Waals surface area contributed by atoms with Gasteiger partial charge in [-0.25, -0.2) is 0 Å². The van der Waals surface area contributed by atoms with E-state index in [2.05, 4.69) is 58.8 Å². The van der Waals surface area contributed by atoms with Crippen molar-refractivity contribution in [3.8, 4) is 0 Å². The quantitative estimate of drug-likeness (QED) is 0.579. The van der Waals surface area contributed by atoms with Gasteiger partial charge in [0, 0.05) is 21.6 Å². The van der Waals surface area contributed by atoms with Gasteiger partial charge < -0.3 is 4.74 Å². The van der Waals surface area contributed by atoms with E-state index in [0.29, 0.717) is 18.0 Å². The van der Waals surface area contributed by atoms with Gasteiger partial charge in [-0.05, 0) is 66.6 Å². The third-order valence-electron chi connectivity index (χ3n) is 5.04. The Bertz CT molecular complexity index is 502. The van der Waals surface area contributed by atoms with Gasteiger partial charge in [0.2, 0.25) is 0 Å². The molecule has 2 aliphatic rings. The first-order valence-corrected chi connectivity index (χ1v) is 8.25. The zero-order valence-electron chi connectivity index (χ0n) is 11.9. The van der Waals surface area contributed by atoms with E-state index in [1.807, 2.05) is 0 Å². The van der Waals surface area contributed by atoms with Crippen molar-refractivity contribution < 1.29 is 9.53 Å². The first-order chi connectivity index (χ1) is 9.61. The molecule has 3 nitrogen and oxygen atoms in total. The number of nitrogens with zero attached hydrogens (tertiary/aromatic N) is 1. The van der Waals surface area contributed by atoms with Crippen molar-refractivity contribution in [1.29, 1.82) is 0 Å². The van der Waals surface area contributed by atoms with Gasteiger partial charge in [-0.15, -0.1) is 0 Å². The molecule has 3 rings (SSSR count). The Kier molecular flexibility index (Phi) is 4.04. The third kappa shape index (κ3) is 2.37. The van der Waals surface area contributed by atoms with Gasteiger partial charge in [0.25, 0.3) is 0 Å². The minimum absolute atomic E-state index is 0.0242. The maximum atomic E-state index is 12.3. The van der Waals surface area contributed by atoms with Crippen LogP contribution in [0.4, 0.5) is 0 Å². The van der Waals surface area contributed by atoms with Crippen LogP contribution in [0.5, 0.6) is 0 Å². The van der Waals surface area contributed by atoms with E-state index < -0.39 is 0 Å². The van der Waals surface area contributed by atoms with Crippen molar-refractivity contribution in [2.45, 2.75) is 37.3 Å². The summed E-state index contributed by atoms with van der Waals surface area (Å²) >= 11 is 2.32. The number of halogens is 1. The lowest BCUT2D eigenvalue weighted by atomic mass is 9.76. The SMILES string of the molecule is COC(=O)C1C2CC[C@H](C[C@H]1c1ccc(I)cc1)N2C. The van der Waals surface area contributed by atoms with E-state index in [1.54, 1.807) is 0 Å². The van der Waals surface area contributed by atoms with Gasteiger partial charge in [-0.1, -0.05) is 12.1 Å². The highest BCUT2D eigenvalue weighted by molar-refractivity contribution is 14.1. The molecule has 1 aromatic rings. The van der Waals surface area contributed by atoms with E-state index in [1.165, 1.54) is 22.7 Å². The lowest BCUT2D eigenvalue weighted by Crippen LogP contribution is -2.49. The summed E-state index contributed by atoms with van der Waals surface area (Å²) < 4.78 is 6.33. The molecule has 2 fully saturated rings. The number of fused-ring (bicyclic) bond motifs is 2. The van der Waals surface area contributed by atoms with Crippen LogP contribution in [-0.4, -0.2) is 37.1 Å². The summed E-state index contributed by atoms with van der Waals surface area (Å²) in [4.78, 5) is 14.7. The Labute approximate surface area is 133 Å². The lowest BCUT2D eigenvalue weighted by molar-refractivity contribution is -0.150. The van der Waals surface area contributed by atoms with Crippen LogP contribution in [-0.2, 0) is 9.53 Å². The number of methoxy groups -OCH3 is 1. The van der Waals surface area contributed by atoms with Gasteiger partial charge in [0.15, 0.2) is 0 Å². The Morgan fingerprint density at radius 2 is 2.00 bits per heavy atom. The fourth-order valence-corrected chi connectivity index (χ4v) is 4.34. The average molecular weight is 385 g/mol. The predicted molar refractivity (Wildman–Crippen MR) is 86.6 cm³/mol. The van der Waals surface area contributed by atoms with E-state index in [4.69, 9.17) is 4.74 Å². The highest BCUT2D eigenvalue weighted by Crippen LogP contribution is 2.46. The standard InChI is InChI=1S/C16H20INO2/c1-18-12-7-8-14(18)15(16(19)20-2)13(9-12)10-3-5-11(17)6-4-10/h3-6,12-15H,7-9H2,1-2H3/t12-,13+,14?,15?/m1/s1. The van der Waals surface area contributed by atoms with Crippen molar-refractivity contribution >= 4 is 28.6 Å². The smallest absolute Gasteiger partial charge is 0.310 e. The first-order valence-electron chi connectivity index (χ1n) is 7.17. The van der Waals surface area contributed by atoms with Gasteiger partial charge in [0.05, 0.1) is 13.0 Å². The number of piperidine rings is 1. The monoisotopic (exact) mass is 385 g/mol. The number of hydrogen-bond acceptors (Lipinski definition) is 3. The molecule has 0 spiro atoms. The van der Waals surface area contributed by atoms with Gasteiger partial charge in [-0.3, -0.25) is 9.69 Å². The second-order valence-electron chi connectivity index (χ2n) is 5.91. The van der Waals surface area contributed by atoms with E-state index >= 15 is 0 Å². The van der Waals surface area contributed by atoms with Crippen molar-refractivity contribution in [2.75, 3.05) is 14.2 Å². The fourth-order valence-electron chi connectivity index (χ4n) is 3.98. The summed E-state index contributed by atoms with van der Waals surface area (Å²) in [6, 6.07) is 9.56. The van der Waals surface area contributed by atoms with Crippen LogP contribution < -0.4 is 0 Å². The number of carbonyl (C=O) groups is 1. The lowest BCUT2D eigenvalue weighted by Gasteiger charge is -2.41. The summed E-state index contributed by atoms with van der Waals surface area (Å²) in [5.41, 5.74) is 1.28. The number of ether oxygens (including phenoxy) is 1. The summed E-state index contributed by atoms with van der Waals surface area (Å²) in [7, 11) is 3.66. The third-order valence-corrected chi connectivity index (χ3v) is 5.76. The number of benzene rings is 1. The van der Waals surface area contributed by atoms with Crippen molar-refractivity contribution in [3.05, 3.63) is 33.4 Å². The molecular weight excluding hydrogens is 365 g/mol. The zero-order chi connectivity index (χ0) is 14.3. The van der Waals surface area contributed by atoms with Crippen LogP contribution in [0, 0.1) is 9.49 Å². The van der Waals surface area contributed by atoms with E-state index in [-0.39, 0.29) is 11.9 Å². The second kappa shape index (κ2) is 5.64. The molecular formula is C16H20INO2. The fraction of sp³-hybridized carbons (Fsp3) is 0.562. The number of esters is 1. The van der Waals surface area contributed by atoms with Crippen LogP contribution in [0.15, 0.2) is 24.3 Å². The van der Waals surface area contributed by atoms with Crippen LogP contribution in [0.2, 0.25) is 0 Å². The highest BCUT2D eigenvalue weighted by Gasteiger charge is 2.49. The molecule has 2 unspecified atom stereocenters. The average Bonchev–Trinajstić information content (AvgIpc) is 2.70. The van der Waals surface area contributed by atoms with Crippen LogP contribution in [0.1, 0.15) is 30.7 Å². The first kappa shape index (κ1) is 14.3. The Balaban J connectivity index is 1.95. The number of rotatable bonds is 2. The predicted octanol–water partition coefficient (Wildman–Crippen LogP) is 3.03. The number of hydrogen-bond donors (Lipinski definition) is 0. The van der Waals surface area contributed by atoms with Gasteiger partial charge >= 0.3 is 5.97 Å². The molecule has 2 saturated heterocycles. The van der Waals surface area contributed by atoms with Gasteiger partial charge in [0.1, 0.15) is 0 Å². The van der Waals surface area contributed by atoms with E-state index in [0.717, 1.165) is 12.8 Å². The molecule has 4 heteroatoms. The molecule has 0 aromatic heterocycles. The molecule has 2 bridgehead atoms. The summed E-state index contributed by atoms with van der Waals surface area (Å²) in [6.07, 6.45) is 3.38. The Morgan fingerprint density at radius 1 is 1.30 bits per heavy atom. The van der Waals surface area contributed by atoms with Gasteiger partial charge in [-0.2, -0.15) is 0 Å². The maximum absolute atomic E-state index is 12.3. The Morgan fingerprint density at radius 3 is 2.65 bits per heavy atom. The molecule has 1 aromatic carbocycles. The second-order valence-corrected chi connectivity index (χ2v) is 7.15. The maximum Gasteiger partial charge on any atom is 0.310 e. The Hall–Kier alpha value is -0.620. The summed E-state index contributed by atoms with van der Waals surface area (Å²) in [5.74, 6) is 0.225. The molecule has 2 heterocycles. The molecule has 4 atom stereocenters. The molecule has 0 N–H and O–H groups in total. The van der Waals surface area contributed by atoms with Crippen molar-refractivity contribution in [3.63, 3.8) is 0 Å². The van der Waals surface area contributed by atoms with Crippen molar-refractivity contribution in [1.82, 2.24) is 4.90 Å². The van der Waals surface area contributed by atoms with Crippen LogP contribution >= 0.6 is 22.6 Å². The topological polar surface area (TPSA) is 29.5 Å². The normalized spacial score (nSPS) is 33.1. The van der Waals surface area contributed by atoms with Crippen molar-refractivity contribution in [2.24, 2.45) is 5.92 Å². The molecule has 0 radical (unpaired) electrons. The largest absolute Gasteiger partial charge is 0.469 e. The molecule has 0 saturated carbocycles. The minimum atomic E-state index is -0.0502. The highest BCUT2D eigenvalue weighted by atomic mass is 127. The van der Waals surface area contributed by atoms with Crippen LogP contribution in [0.25, 0.3) is 0 Å². The molecule has 2 aliphatic heterocycles. The number of carbonyl (C=O) groups excluding carboxylic acids is 1. The van der Waals surface area contributed by atoms with Crippen LogP contribution in [0.3, 0.4) is 0 Å². The minimum Gasteiger partial charge on any atom is -0.469 e. The molecule has 0 amide bonds. The zero-order valence-corrected chi connectivity index (χ0v) is 14.0. The molecule has 0 aliphatic carbocycles.